The third kappa shape index (κ3) is 5.07. The largest absolute Gasteiger partial charge is 0.497 e. The number of aryl methyl sites for hydroxylation is 1. The minimum absolute atomic E-state index is 0.0184. The van der Waals surface area contributed by atoms with Gasteiger partial charge >= 0.3 is 5.97 Å². The summed E-state index contributed by atoms with van der Waals surface area (Å²) in [6.45, 7) is 5.45. The molecule has 0 radical (unpaired) electrons. The molecule has 0 unspecified atom stereocenters. The molecule has 40 heavy (non-hydrogen) atoms. The number of fused-ring (bicyclic) bond motifs is 1. The average Bonchev–Trinajstić information content (AvgIpc) is 3.52. The highest BCUT2D eigenvalue weighted by Crippen LogP contribution is 2.34. The second kappa shape index (κ2) is 11.5. The van der Waals surface area contributed by atoms with E-state index in [1.807, 2.05) is 60.0 Å². The number of H-pyrrole nitrogens is 1. The summed E-state index contributed by atoms with van der Waals surface area (Å²) in [6.07, 6.45) is 0. The summed E-state index contributed by atoms with van der Waals surface area (Å²) in [5, 5.41) is 2.86. The number of methoxy groups -OCH3 is 1. The molecule has 8 nitrogen and oxygen atoms in total. The van der Waals surface area contributed by atoms with E-state index >= 15 is 0 Å². The van der Waals surface area contributed by atoms with E-state index in [1.54, 1.807) is 32.4 Å². The smallest absolute Gasteiger partial charge is 0.340 e. The molecule has 0 atom stereocenters. The van der Waals surface area contributed by atoms with E-state index in [0.29, 0.717) is 43.6 Å². The van der Waals surface area contributed by atoms with Crippen LogP contribution in [0.4, 0.5) is 0 Å². The van der Waals surface area contributed by atoms with Crippen LogP contribution in [0.3, 0.4) is 0 Å². The van der Waals surface area contributed by atoms with E-state index in [4.69, 9.17) is 14.5 Å². The van der Waals surface area contributed by atoms with Gasteiger partial charge in [0.2, 0.25) is 0 Å². The van der Waals surface area contributed by atoms with Gasteiger partial charge in [-0.1, -0.05) is 42.1 Å². The topological polar surface area (TPSA) is 103 Å². The zero-order valence-electron chi connectivity index (χ0n) is 22.4. The Morgan fingerprint density at radius 1 is 1.07 bits per heavy atom. The third-order valence-corrected chi connectivity index (χ3v) is 8.33. The molecule has 10 heteroatoms. The van der Waals surface area contributed by atoms with Crippen molar-refractivity contribution >= 4 is 45.1 Å². The van der Waals surface area contributed by atoms with Crippen LogP contribution in [-0.4, -0.2) is 45.8 Å². The molecule has 0 amide bonds. The molecule has 1 N–H and O–H groups in total. The lowest BCUT2D eigenvalue weighted by molar-refractivity contribution is 0.0525. The number of aromatic nitrogens is 3. The van der Waals surface area contributed by atoms with Crippen LogP contribution in [0.1, 0.15) is 39.0 Å². The Morgan fingerprint density at radius 3 is 2.48 bits per heavy atom. The van der Waals surface area contributed by atoms with Gasteiger partial charge in [0.15, 0.2) is 10.9 Å². The molecule has 3 aromatic heterocycles. The Kier molecular flexibility index (Phi) is 7.90. The Morgan fingerprint density at radius 2 is 1.80 bits per heavy atom. The van der Waals surface area contributed by atoms with Crippen molar-refractivity contribution in [3.05, 3.63) is 92.8 Å². The summed E-state index contributed by atoms with van der Waals surface area (Å²) >= 11 is 2.57. The number of carbonyl (C=O) groups excluding carboxylic acids is 2. The monoisotopic (exact) mass is 573 g/mol. The predicted molar refractivity (Wildman–Crippen MR) is 158 cm³/mol. The second-order valence-electron chi connectivity index (χ2n) is 8.99. The fourth-order valence-corrected chi connectivity index (χ4v) is 6.47. The summed E-state index contributed by atoms with van der Waals surface area (Å²) in [7, 11) is 1.61. The maximum absolute atomic E-state index is 14.0. The summed E-state index contributed by atoms with van der Waals surface area (Å²) in [5.74, 6) is 0.0780. The first kappa shape index (κ1) is 27.4. The highest BCUT2D eigenvalue weighted by atomic mass is 32.2. The van der Waals surface area contributed by atoms with Gasteiger partial charge in [0.05, 0.1) is 41.8 Å². The second-order valence-corrected chi connectivity index (χ2v) is 10.8. The van der Waals surface area contributed by atoms with Gasteiger partial charge in [0.25, 0.3) is 5.56 Å². The van der Waals surface area contributed by atoms with E-state index in [2.05, 4.69) is 4.98 Å². The van der Waals surface area contributed by atoms with Crippen LogP contribution in [-0.2, 0) is 4.74 Å². The van der Waals surface area contributed by atoms with E-state index in [0.717, 1.165) is 16.9 Å². The van der Waals surface area contributed by atoms with E-state index in [9.17, 15) is 14.4 Å². The summed E-state index contributed by atoms with van der Waals surface area (Å²) in [6, 6.07) is 16.8. The Bertz CT molecular complexity index is 1770. The van der Waals surface area contributed by atoms with E-state index in [1.165, 1.54) is 23.1 Å². The number of esters is 1. The maximum Gasteiger partial charge on any atom is 0.340 e. The zero-order chi connectivity index (χ0) is 28.4. The number of ether oxygens (including phenoxy) is 2. The van der Waals surface area contributed by atoms with Crippen LogP contribution in [0.2, 0.25) is 0 Å². The number of nitrogens with zero attached hydrogens (tertiary/aromatic N) is 2. The molecule has 0 bridgehead atoms. The van der Waals surface area contributed by atoms with E-state index < -0.39 is 5.97 Å². The summed E-state index contributed by atoms with van der Waals surface area (Å²) in [5.41, 5.74) is 3.97. The first-order valence-electron chi connectivity index (χ1n) is 12.6. The number of thiophene rings is 1. The third-order valence-electron chi connectivity index (χ3n) is 6.52. The first-order chi connectivity index (χ1) is 19.3. The van der Waals surface area contributed by atoms with Crippen LogP contribution in [0.15, 0.2) is 69.9 Å². The average molecular weight is 574 g/mol. The highest BCUT2D eigenvalue weighted by molar-refractivity contribution is 7.99. The van der Waals surface area contributed by atoms with Crippen LogP contribution < -0.4 is 10.3 Å². The van der Waals surface area contributed by atoms with Crippen molar-refractivity contribution in [1.29, 1.82) is 0 Å². The van der Waals surface area contributed by atoms with Crippen molar-refractivity contribution in [3.63, 3.8) is 0 Å². The van der Waals surface area contributed by atoms with Gasteiger partial charge < -0.3 is 14.5 Å². The number of Topliss-reactive ketones (excluding diaryl/α,β-unsaturated/α-hetero) is 1. The van der Waals surface area contributed by atoms with Gasteiger partial charge in [-0.2, -0.15) is 0 Å². The molecule has 0 saturated carbocycles. The number of aromatic amines is 1. The van der Waals surface area contributed by atoms with E-state index in [-0.39, 0.29) is 23.7 Å². The van der Waals surface area contributed by atoms with Gasteiger partial charge in [0.1, 0.15) is 10.6 Å². The SMILES string of the molecule is CCOC(=O)c1c(C)[nH]c(C(=O)CSc2nc3scc(-c4ccc(OC)cc4)c3c(=O)n2-c2ccccc2)c1C. The number of rotatable bonds is 9. The molecule has 0 saturated heterocycles. The van der Waals surface area contributed by atoms with Crippen LogP contribution in [0.25, 0.3) is 27.0 Å². The quantitative estimate of drug-likeness (QED) is 0.0966. The predicted octanol–water partition coefficient (Wildman–Crippen LogP) is 6.22. The van der Waals surface area contributed by atoms with Gasteiger partial charge in [-0.3, -0.25) is 14.2 Å². The minimum Gasteiger partial charge on any atom is -0.497 e. The van der Waals surface area contributed by atoms with Gasteiger partial charge in [-0.15, -0.1) is 11.3 Å². The molecule has 0 aliphatic rings. The Labute approximate surface area is 239 Å². The van der Waals surface area contributed by atoms with Gasteiger partial charge in [0, 0.05) is 16.6 Å². The van der Waals surface area contributed by atoms with Crippen molar-refractivity contribution in [3.8, 4) is 22.6 Å². The fourth-order valence-electron chi connectivity index (χ4n) is 4.60. The Balaban J connectivity index is 1.54. The lowest BCUT2D eigenvalue weighted by atomic mass is 10.1. The molecule has 0 aliphatic heterocycles. The molecule has 2 aromatic carbocycles. The normalized spacial score (nSPS) is 11.1. The molecule has 204 valence electrons. The van der Waals surface area contributed by atoms with Crippen molar-refractivity contribution in [2.75, 3.05) is 19.5 Å². The van der Waals surface area contributed by atoms with Crippen molar-refractivity contribution in [1.82, 2.24) is 14.5 Å². The van der Waals surface area contributed by atoms with Gasteiger partial charge in [-0.05, 0) is 56.2 Å². The standard InChI is InChI=1S/C30H27N3O5S2/c1-5-38-29(36)24-17(2)26(31-18(24)3)23(34)16-40-30-32-27-25(28(35)33(30)20-9-7-6-8-10-20)22(15-39-27)19-11-13-21(37-4)14-12-19/h6-15,31H,5,16H2,1-4H3. The van der Waals surface area contributed by atoms with Crippen molar-refractivity contribution < 1.29 is 19.1 Å². The molecule has 3 heterocycles. The molecule has 5 rings (SSSR count). The molecule has 5 aromatic rings. The number of benzene rings is 2. The molecule has 0 spiro atoms. The number of thioether (sulfide) groups is 1. The summed E-state index contributed by atoms with van der Waals surface area (Å²) < 4.78 is 12.0. The lowest BCUT2D eigenvalue weighted by Crippen LogP contribution is -2.22. The lowest BCUT2D eigenvalue weighted by Gasteiger charge is -2.12. The number of carbonyl (C=O) groups is 2. The van der Waals surface area contributed by atoms with Crippen molar-refractivity contribution in [2.24, 2.45) is 0 Å². The van der Waals surface area contributed by atoms with Crippen LogP contribution in [0, 0.1) is 13.8 Å². The molecular weight excluding hydrogens is 546 g/mol. The maximum atomic E-state index is 14.0. The first-order valence-corrected chi connectivity index (χ1v) is 14.5. The Hall–Kier alpha value is -4.15. The van der Waals surface area contributed by atoms with Gasteiger partial charge in [-0.25, -0.2) is 9.78 Å². The fraction of sp³-hybridized carbons (Fsp3) is 0.200. The molecule has 0 aliphatic carbocycles. The number of para-hydroxylation sites is 1. The number of nitrogens with one attached hydrogen (secondary N) is 1. The van der Waals surface area contributed by atoms with Crippen LogP contribution >= 0.6 is 23.1 Å². The number of hydrogen-bond acceptors (Lipinski definition) is 8. The highest BCUT2D eigenvalue weighted by Gasteiger charge is 2.24. The zero-order valence-corrected chi connectivity index (χ0v) is 24.1. The minimum atomic E-state index is -0.462. The molecular formula is C30H27N3O5S2. The van der Waals surface area contributed by atoms with Crippen molar-refractivity contribution in [2.45, 2.75) is 25.9 Å². The number of ketones is 1. The molecule has 0 fully saturated rings. The number of hydrogen-bond donors (Lipinski definition) is 1. The van der Waals surface area contributed by atoms with Crippen LogP contribution in [0.5, 0.6) is 5.75 Å². The summed E-state index contributed by atoms with van der Waals surface area (Å²) in [4.78, 5) is 48.2.